The molecule has 1 aromatic heterocycles. The van der Waals surface area contributed by atoms with Gasteiger partial charge in [-0.3, -0.25) is 9.36 Å². The number of hydrogen-bond acceptors (Lipinski definition) is 3. The molecule has 0 unspecified atom stereocenters. The fourth-order valence-electron chi connectivity index (χ4n) is 2.35. The average molecular weight is 471 g/mol. The van der Waals surface area contributed by atoms with Crippen molar-refractivity contribution in [2.45, 2.75) is 6.54 Å². The molecular formula is C17H11Br2ClN2O2. The van der Waals surface area contributed by atoms with Crippen molar-refractivity contribution >= 4 is 43.5 Å². The van der Waals surface area contributed by atoms with E-state index in [4.69, 9.17) is 11.6 Å². The maximum Gasteiger partial charge on any atom is 0.257 e. The molecule has 0 aliphatic rings. The Hall–Kier alpha value is -1.63. The van der Waals surface area contributed by atoms with Crippen LogP contribution in [0.5, 0.6) is 5.88 Å². The maximum absolute atomic E-state index is 12.5. The first-order valence-corrected chi connectivity index (χ1v) is 8.92. The topological polar surface area (TPSA) is 55.1 Å². The molecule has 0 aliphatic carbocycles. The molecule has 122 valence electrons. The van der Waals surface area contributed by atoms with Crippen LogP contribution in [-0.2, 0) is 6.54 Å². The zero-order valence-corrected chi connectivity index (χ0v) is 16.1. The Morgan fingerprint density at radius 3 is 2.42 bits per heavy atom. The SMILES string of the molecule is O=c1cc(O)nc(-c2c(Br)cccc2Br)n1Cc1ccccc1Cl. The minimum Gasteiger partial charge on any atom is -0.493 e. The third-order valence-electron chi connectivity index (χ3n) is 3.47. The lowest BCUT2D eigenvalue weighted by Gasteiger charge is -2.15. The molecule has 0 atom stereocenters. The van der Waals surface area contributed by atoms with Crippen molar-refractivity contribution < 1.29 is 5.11 Å². The summed E-state index contributed by atoms with van der Waals surface area (Å²) in [6.07, 6.45) is 0. The normalized spacial score (nSPS) is 10.8. The lowest BCUT2D eigenvalue weighted by atomic mass is 10.2. The van der Waals surface area contributed by atoms with Crippen LogP contribution in [-0.4, -0.2) is 14.7 Å². The molecular weight excluding hydrogens is 459 g/mol. The van der Waals surface area contributed by atoms with Gasteiger partial charge in [-0.1, -0.05) is 35.9 Å². The van der Waals surface area contributed by atoms with Crippen LogP contribution in [0, 0.1) is 0 Å². The summed E-state index contributed by atoms with van der Waals surface area (Å²) in [4.78, 5) is 16.6. The van der Waals surface area contributed by atoms with E-state index in [-0.39, 0.29) is 18.0 Å². The molecule has 1 heterocycles. The van der Waals surface area contributed by atoms with Gasteiger partial charge in [0.05, 0.1) is 12.6 Å². The van der Waals surface area contributed by atoms with Gasteiger partial charge in [0.2, 0.25) is 5.88 Å². The lowest BCUT2D eigenvalue weighted by Crippen LogP contribution is -2.23. The standard InChI is InChI=1S/C17H11Br2ClN2O2/c18-11-5-3-6-12(19)16(11)17-21-14(23)8-15(24)22(17)9-10-4-1-2-7-13(10)20/h1-8,23H,9H2. The van der Waals surface area contributed by atoms with Gasteiger partial charge in [0, 0.05) is 19.5 Å². The quantitative estimate of drug-likeness (QED) is 0.596. The number of halogens is 3. The molecule has 0 amide bonds. The minimum atomic E-state index is -0.361. The van der Waals surface area contributed by atoms with Gasteiger partial charge in [0.15, 0.2) is 0 Å². The molecule has 0 aliphatic heterocycles. The molecule has 0 radical (unpaired) electrons. The molecule has 7 heteroatoms. The van der Waals surface area contributed by atoms with E-state index in [1.807, 2.05) is 36.4 Å². The highest BCUT2D eigenvalue weighted by Crippen LogP contribution is 2.34. The summed E-state index contributed by atoms with van der Waals surface area (Å²) in [5, 5.41) is 10.4. The molecule has 3 aromatic rings. The van der Waals surface area contributed by atoms with E-state index in [2.05, 4.69) is 36.8 Å². The Morgan fingerprint density at radius 1 is 1.08 bits per heavy atom. The van der Waals surface area contributed by atoms with Gasteiger partial charge in [0.1, 0.15) is 5.82 Å². The molecule has 2 aromatic carbocycles. The van der Waals surface area contributed by atoms with E-state index < -0.39 is 0 Å². The highest BCUT2D eigenvalue weighted by Gasteiger charge is 2.17. The van der Waals surface area contributed by atoms with Crippen molar-refractivity contribution in [3.63, 3.8) is 0 Å². The van der Waals surface area contributed by atoms with Crippen LogP contribution in [0.4, 0.5) is 0 Å². The van der Waals surface area contributed by atoms with E-state index >= 15 is 0 Å². The Morgan fingerprint density at radius 2 is 1.75 bits per heavy atom. The summed E-state index contributed by atoms with van der Waals surface area (Å²) in [5.74, 6) is 0.0207. The fraction of sp³-hybridized carbons (Fsp3) is 0.0588. The Balaban J connectivity index is 2.24. The largest absolute Gasteiger partial charge is 0.493 e. The maximum atomic E-state index is 12.5. The van der Waals surface area contributed by atoms with Crippen LogP contribution in [0.25, 0.3) is 11.4 Å². The van der Waals surface area contributed by atoms with E-state index in [1.165, 1.54) is 4.57 Å². The number of aromatic nitrogens is 2. The molecule has 0 fully saturated rings. The first-order valence-electron chi connectivity index (χ1n) is 6.96. The predicted molar refractivity (Wildman–Crippen MR) is 102 cm³/mol. The van der Waals surface area contributed by atoms with Gasteiger partial charge in [-0.15, -0.1) is 0 Å². The van der Waals surface area contributed by atoms with Gasteiger partial charge < -0.3 is 5.11 Å². The van der Waals surface area contributed by atoms with Crippen LogP contribution in [0.3, 0.4) is 0 Å². The van der Waals surface area contributed by atoms with Crippen LogP contribution in [0.15, 0.2) is 62.3 Å². The van der Waals surface area contributed by atoms with Crippen LogP contribution >= 0.6 is 43.5 Å². The summed E-state index contributed by atoms with van der Waals surface area (Å²) in [6.45, 7) is 0.245. The summed E-state index contributed by atoms with van der Waals surface area (Å²) in [5.41, 5.74) is 1.11. The van der Waals surface area contributed by atoms with Crippen molar-refractivity contribution in [2.75, 3.05) is 0 Å². The number of rotatable bonds is 3. The van der Waals surface area contributed by atoms with Gasteiger partial charge >= 0.3 is 0 Å². The van der Waals surface area contributed by atoms with Gasteiger partial charge in [-0.2, -0.15) is 4.98 Å². The van der Waals surface area contributed by atoms with Crippen LogP contribution < -0.4 is 5.56 Å². The highest BCUT2D eigenvalue weighted by molar-refractivity contribution is 9.11. The third-order valence-corrected chi connectivity index (χ3v) is 5.16. The zero-order chi connectivity index (χ0) is 17.3. The molecule has 24 heavy (non-hydrogen) atoms. The Kier molecular flexibility index (Phi) is 5.08. The molecule has 3 rings (SSSR count). The first-order chi connectivity index (χ1) is 11.5. The monoisotopic (exact) mass is 468 g/mol. The number of benzene rings is 2. The average Bonchev–Trinajstić information content (AvgIpc) is 2.52. The molecule has 4 nitrogen and oxygen atoms in total. The summed E-state index contributed by atoms with van der Waals surface area (Å²) in [7, 11) is 0. The van der Waals surface area contributed by atoms with Crippen molar-refractivity contribution in [1.82, 2.24) is 9.55 Å². The summed E-state index contributed by atoms with van der Waals surface area (Å²) < 4.78 is 2.98. The van der Waals surface area contributed by atoms with E-state index in [0.29, 0.717) is 16.4 Å². The van der Waals surface area contributed by atoms with Gasteiger partial charge in [0.25, 0.3) is 5.56 Å². The minimum absolute atomic E-state index is 0.245. The van der Waals surface area contributed by atoms with E-state index in [9.17, 15) is 9.90 Å². The summed E-state index contributed by atoms with van der Waals surface area (Å²) >= 11 is 13.2. The number of hydrogen-bond donors (Lipinski definition) is 1. The molecule has 0 saturated carbocycles. The smallest absolute Gasteiger partial charge is 0.257 e. The molecule has 0 spiro atoms. The van der Waals surface area contributed by atoms with E-state index in [1.54, 1.807) is 6.07 Å². The van der Waals surface area contributed by atoms with Gasteiger partial charge in [-0.25, -0.2) is 0 Å². The van der Waals surface area contributed by atoms with Crippen molar-refractivity contribution in [3.8, 4) is 17.3 Å². The Bertz CT molecular complexity index is 953. The van der Waals surface area contributed by atoms with Crippen LogP contribution in [0.1, 0.15) is 5.56 Å². The number of nitrogens with zero attached hydrogens (tertiary/aromatic N) is 2. The first kappa shape index (κ1) is 17.2. The highest BCUT2D eigenvalue weighted by atomic mass is 79.9. The molecule has 0 saturated heterocycles. The Labute approximate surface area is 160 Å². The van der Waals surface area contributed by atoms with Crippen molar-refractivity contribution in [1.29, 1.82) is 0 Å². The lowest BCUT2D eigenvalue weighted by molar-refractivity contribution is 0.448. The zero-order valence-electron chi connectivity index (χ0n) is 12.2. The number of aromatic hydroxyl groups is 1. The molecule has 1 N–H and O–H groups in total. The third kappa shape index (κ3) is 3.41. The second-order valence-corrected chi connectivity index (χ2v) is 7.17. The second kappa shape index (κ2) is 7.09. The fourth-order valence-corrected chi connectivity index (χ4v) is 3.89. The predicted octanol–water partition coefficient (Wildman–Crippen LogP) is 4.84. The summed E-state index contributed by atoms with van der Waals surface area (Å²) in [6, 6.07) is 13.9. The van der Waals surface area contributed by atoms with Crippen LogP contribution in [0.2, 0.25) is 5.02 Å². The van der Waals surface area contributed by atoms with E-state index in [0.717, 1.165) is 20.6 Å². The van der Waals surface area contributed by atoms with Crippen molar-refractivity contribution in [3.05, 3.63) is 78.4 Å². The van der Waals surface area contributed by atoms with Gasteiger partial charge in [-0.05, 0) is 55.6 Å². The van der Waals surface area contributed by atoms with Crippen molar-refractivity contribution in [2.24, 2.45) is 0 Å². The molecule has 0 bridgehead atoms. The second-order valence-electron chi connectivity index (χ2n) is 5.05.